The molecule has 30 heavy (non-hydrogen) atoms. The molecular formula is C24H22N2O4. The third kappa shape index (κ3) is 2.75. The average Bonchev–Trinajstić information content (AvgIpc) is 3.22. The van der Waals surface area contributed by atoms with Crippen molar-refractivity contribution in [2.24, 2.45) is 5.92 Å². The number of rotatable bonds is 3. The van der Waals surface area contributed by atoms with Crippen LogP contribution in [0.1, 0.15) is 41.4 Å². The van der Waals surface area contributed by atoms with Gasteiger partial charge in [-0.25, -0.2) is 4.79 Å². The van der Waals surface area contributed by atoms with Crippen LogP contribution in [0.5, 0.6) is 5.75 Å². The second-order valence-electron chi connectivity index (χ2n) is 8.26. The van der Waals surface area contributed by atoms with Gasteiger partial charge in [0.25, 0.3) is 0 Å². The zero-order valence-electron chi connectivity index (χ0n) is 16.9. The Hall–Kier alpha value is -3.41. The van der Waals surface area contributed by atoms with Gasteiger partial charge >= 0.3 is 5.97 Å². The van der Waals surface area contributed by atoms with Gasteiger partial charge in [-0.3, -0.25) is 9.78 Å². The van der Waals surface area contributed by atoms with Crippen molar-refractivity contribution >= 4 is 5.97 Å². The van der Waals surface area contributed by atoms with Crippen molar-refractivity contribution in [2.75, 3.05) is 6.61 Å². The Morgan fingerprint density at radius 1 is 1.27 bits per heavy atom. The van der Waals surface area contributed by atoms with Crippen LogP contribution in [-0.2, 0) is 12.8 Å². The van der Waals surface area contributed by atoms with Gasteiger partial charge in [0.15, 0.2) is 5.43 Å². The Morgan fingerprint density at radius 3 is 2.80 bits per heavy atom. The van der Waals surface area contributed by atoms with E-state index in [0.717, 1.165) is 41.0 Å². The van der Waals surface area contributed by atoms with Gasteiger partial charge < -0.3 is 14.4 Å². The highest BCUT2D eigenvalue weighted by Gasteiger charge is 2.33. The van der Waals surface area contributed by atoms with Crippen LogP contribution >= 0.6 is 0 Å². The summed E-state index contributed by atoms with van der Waals surface area (Å²) in [6.07, 6.45) is 6.67. The number of hydrogen-bond acceptors (Lipinski definition) is 4. The molecule has 1 aromatic carbocycles. The second-order valence-corrected chi connectivity index (χ2v) is 8.26. The largest absolute Gasteiger partial charge is 0.492 e. The summed E-state index contributed by atoms with van der Waals surface area (Å²) in [4.78, 5) is 28.4. The van der Waals surface area contributed by atoms with Crippen molar-refractivity contribution in [1.29, 1.82) is 0 Å². The number of pyridine rings is 2. The Labute approximate surface area is 173 Å². The van der Waals surface area contributed by atoms with Crippen LogP contribution in [0, 0.1) is 5.92 Å². The van der Waals surface area contributed by atoms with Gasteiger partial charge in [-0.05, 0) is 30.0 Å². The van der Waals surface area contributed by atoms with Gasteiger partial charge in [0, 0.05) is 59.4 Å². The lowest BCUT2D eigenvalue weighted by Crippen LogP contribution is -2.28. The molecule has 0 radical (unpaired) electrons. The first-order valence-corrected chi connectivity index (χ1v) is 10.2. The highest BCUT2D eigenvalue weighted by atomic mass is 16.5. The molecule has 0 bridgehead atoms. The lowest BCUT2D eigenvalue weighted by Gasteiger charge is -2.34. The van der Waals surface area contributed by atoms with Crippen molar-refractivity contribution in [1.82, 2.24) is 9.55 Å². The summed E-state index contributed by atoms with van der Waals surface area (Å²) in [5.74, 6) is -0.0127. The summed E-state index contributed by atoms with van der Waals surface area (Å²) in [6, 6.07) is 7.50. The Morgan fingerprint density at radius 2 is 2.10 bits per heavy atom. The normalized spacial score (nSPS) is 16.6. The molecule has 0 unspecified atom stereocenters. The van der Waals surface area contributed by atoms with Crippen molar-refractivity contribution in [3.8, 4) is 28.1 Å². The standard InChI is InChI=1S/C24H22N2O4/c1-13(2)20-9-17-15-5-7-30-23(15)16(14-4-3-6-25-11-14)8-18(17)21-10-22(27)19(24(28)29)12-26(20)21/h3-4,6,8,10-13,20H,5,7,9H2,1-2H3,(H,28,29)/t20-/m0/s1. The zero-order valence-corrected chi connectivity index (χ0v) is 16.9. The predicted octanol–water partition coefficient (Wildman–Crippen LogP) is 3.96. The number of hydrogen-bond donors (Lipinski definition) is 1. The molecule has 152 valence electrons. The van der Waals surface area contributed by atoms with E-state index in [-0.39, 0.29) is 17.5 Å². The summed E-state index contributed by atoms with van der Waals surface area (Å²) in [7, 11) is 0. The number of carbonyl (C=O) groups is 1. The molecule has 4 heterocycles. The van der Waals surface area contributed by atoms with E-state index in [0.29, 0.717) is 6.61 Å². The van der Waals surface area contributed by atoms with Gasteiger partial charge in [0.2, 0.25) is 0 Å². The number of aromatic carboxylic acids is 1. The maximum absolute atomic E-state index is 12.6. The molecule has 5 rings (SSSR count). The fourth-order valence-corrected chi connectivity index (χ4v) is 4.71. The van der Waals surface area contributed by atoms with Crippen LogP contribution < -0.4 is 10.2 Å². The summed E-state index contributed by atoms with van der Waals surface area (Å²) in [6.45, 7) is 4.88. The highest BCUT2D eigenvalue weighted by molar-refractivity contribution is 5.88. The number of carboxylic acid groups (broad SMARTS) is 1. The maximum atomic E-state index is 12.6. The van der Waals surface area contributed by atoms with E-state index in [9.17, 15) is 14.7 Å². The summed E-state index contributed by atoms with van der Waals surface area (Å²) in [5, 5.41) is 9.47. The number of carboxylic acids is 1. The smallest absolute Gasteiger partial charge is 0.341 e. The molecule has 2 aromatic heterocycles. The molecule has 0 aliphatic carbocycles. The number of fused-ring (bicyclic) bond motifs is 5. The van der Waals surface area contributed by atoms with E-state index >= 15 is 0 Å². The van der Waals surface area contributed by atoms with Crippen molar-refractivity contribution < 1.29 is 14.6 Å². The van der Waals surface area contributed by atoms with E-state index in [1.807, 2.05) is 22.9 Å². The number of ether oxygens (including phenoxy) is 1. The summed E-state index contributed by atoms with van der Waals surface area (Å²) < 4.78 is 8.01. The van der Waals surface area contributed by atoms with Crippen LogP contribution in [0.4, 0.5) is 0 Å². The first-order chi connectivity index (χ1) is 14.5. The highest BCUT2D eigenvalue weighted by Crippen LogP contribution is 2.47. The van der Waals surface area contributed by atoms with Crippen LogP contribution in [0.15, 0.2) is 47.7 Å². The molecule has 0 fully saturated rings. The van der Waals surface area contributed by atoms with E-state index in [1.54, 1.807) is 6.20 Å². The molecule has 0 saturated carbocycles. The number of nitrogens with zero attached hydrogens (tertiary/aromatic N) is 2. The fraction of sp³-hybridized carbons (Fsp3) is 0.292. The van der Waals surface area contributed by atoms with Crippen LogP contribution in [-0.4, -0.2) is 27.2 Å². The zero-order chi connectivity index (χ0) is 21.0. The monoisotopic (exact) mass is 402 g/mol. The minimum Gasteiger partial charge on any atom is -0.492 e. The molecule has 2 aliphatic heterocycles. The molecule has 0 saturated heterocycles. The maximum Gasteiger partial charge on any atom is 0.341 e. The second kappa shape index (κ2) is 6.83. The minimum atomic E-state index is -1.19. The van der Waals surface area contributed by atoms with E-state index in [1.165, 1.54) is 23.4 Å². The Kier molecular flexibility index (Phi) is 4.24. The van der Waals surface area contributed by atoms with Gasteiger partial charge in [-0.1, -0.05) is 19.9 Å². The third-order valence-corrected chi connectivity index (χ3v) is 6.19. The van der Waals surface area contributed by atoms with Crippen molar-refractivity contribution in [3.05, 3.63) is 69.8 Å². The fourth-order valence-electron chi connectivity index (χ4n) is 4.71. The molecule has 6 heteroatoms. The molecule has 6 nitrogen and oxygen atoms in total. The summed E-state index contributed by atoms with van der Waals surface area (Å²) >= 11 is 0. The topological polar surface area (TPSA) is 81.4 Å². The quantitative estimate of drug-likeness (QED) is 0.717. The molecule has 1 N–H and O–H groups in total. The van der Waals surface area contributed by atoms with Crippen molar-refractivity contribution in [2.45, 2.75) is 32.7 Å². The molecule has 1 atom stereocenters. The van der Waals surface area contributed by atoms with E-state index < -0.39 is 11.4 Å². The molecule has 0 spiro atoms. The van der Waals surface area contributed by atoms with Crippen LogP contribution in [0.3, 0.4) is 0 Å². The third-order valence-electron chi connectivity index (χ3n) is 6.19. The minimum absolute atomic E-state index is 0.0696. The molecule has 0 amide bonds. The lowest BCUT2D eigenvalue weighted by atomic mass is 9.82. The SMILES string of the molecule is CC(C)[C@@H]1Cc2c(cc(-c3cccnc3)c3c2CCO3)-c2cc(=O)c(C(=O)O)cn21. The molecule has 3 aromatic rings. The van der Waals surface area contributed by atoms with Gasteiger partial charge in [0.05, 0.1) is 12.3 Å². The number of aromatic nitrogens is 2. The Bertz CT molecular complexity index is 1230. The van der Waals surface area contributed by atoms with E-state index in [4.69, 9.17) is 4.74 Å². The lowest BCUT2D eigenvalue weighted by molar-refractivity contribution is 0.0694. The first kappa shape index (κ1) is 18.6. The molecule has 2 aliphatic rings. The van der Waals surface area contributed by atoms with Crippen LogP contribution in [0.25, 0.3) is 22.4 Å². The van der Waals surface area contributed by atoms with Crippen LogP contribution in [0.2, 0.25) is 0 Å². The average molecular weight is 402 g/mol. The summed E-state index contributed by atoms with van der Waals surface area (Å²) in [5.41, 5.74) is 5.40. The van der Waals surface area contributed by atoms with E-state index in [2.05, 4.69) is 24.9 Å². The molecular weight excluding hydrogens is 380 g/mol. The van der Waals surface area contributed by atoms with Crippen molar-refractivity contribution in [3.63, 3.8) is 0 Å². The first-order valence-electron chi connectivity index (χ1n) is 10.2. The van der Waals surface area contributed by atoms with Gasteiger partial charge in [0.1, 0.15) is 11.3 Å². The Balaban J connectivity index is 1.82. The predicted molar refractivity (Wildman–Crippen MR) is 113 cm³/mol. The van der Waals surface area contributed by atoms with Gasteiger partial charge in [-0.15, -0.1) is 0 Å². The number of benzene rings is 1. The van der Waals surface area contributed by atoms with Gasteiger partial charge in [-0.2, -0.15) is 0 Å².